The number of hydrogen-bond donors (Lipinski definition) is 0. The maximum Gasteiger partial charge on any atom is 0.228 e. The fourth-order valence-electron chi connectivity index (χ4n) is 5.57. The summed E-state index contributed by atoms with van der Waals surface area (Å²) in [7, 11) is 2.01. The van der Waals surface area contributed by atoms with Gasteiger partial charge in [-0.05, 0) is 61.9 Å². The number of aromatic nitrogens is 2. The van der Waals surface area contributed by atoms with Crippen molar-refractivity contribution in [2.45, 2.75) is 64.0 Å². The highest BCUT2D eigenvalue weighted by atomic mass is 35.5. The number of rotatable bonds is 5. The molecule has 0 radical (unpaired) electrons. The maximum absolute atomic E-state index is 13.7. The van der Waals surface area contributed by atoms with Crippen LogP contribution in [0.1, 0.15) is 55.5 Å². The van der Waals surface area contributed by atoms with E-state index >= 15 is 0 Å². The van der Waals surface area contributed by atoms with E-state index in [2.05, 4.69) is 4.90 Å². The van der Waals surface area contributed by atoms with Gasteiger partial charge in [-0.3, -0.25) is 14.3 Å². The summed E-state index contributed by atoms with van der Waals surface area (Å²) in [5.74, 6) is -0.194. The molecule has 1 aromatic carbocycles. The molecule has 1 unspecified atom stereocenters. The third kappa shape index (κ3) is 3.86. The lowest BCUT2D eigenvalue weighted by atomic mass is 10.0. The first kappa shape index (κ1) is 20.6. The number of anilines is 1. The highest BCUT2D eigenvalue weighted by molar-refractivity contribution is 6.30. The first-order chi connectivity index (χ1) is 15.0. The molecule has 1 aromatic heterocycles. The van der Waals surface area contributed by atoms with E-state index in [1.807, 2.05) is 23.9 Å². The highest BCUT2D eigenvalue weighted by Crippen LogP contribution is 2.33. The van der Waals surface area contributed by atoms with Gasteiger partial charge < -0.3 is 9.80 Å². The van der Waals surface area contributed by atoms with Gasteiger partial charge in [0.15, 0.2) is 0 Å². The van der Waals surface area contributed by atoms with E-state index < -0.39 is 0 Å². The molecule has 0 spiro atoms. The van der Waals surface area contributed by atoms with Gasteiger partial charge in [0.25, 0.3) is 0 Å². The molecule has 1 atom stereocenters. The van der Waals surface area contributed by atoms with Crippen molar-refractivity contribution in [3.63, 3.8) is 0 Å². The first-order valence-corrected chi connectivity index (χ1v) is 11.8. The van der Waals surface area contributed by atoms with E-state index in [0.717, 1.165) is 49.9 Å². The van der Waals surface area contributed by atoms with Gasteiger partial charge in [0.05, 0.1) is 18.2 Å². The summed E-state index contributed by atoms with van der Waals surface area (Å²) in [6.45, 7) is 1.00. The van der Waals surface area contributed by atoms with Gasteiger partial charge >= 0.3 is 0 Å². The smallest absolute Gasteiger partial charge is 0.228 e. The first-order valence-electron chi connectivity index (χ1n) is 11.4. The van der Waals surface area contributed by atoms with Crippen LogP contribution in [-0.2, 0) is 36.0 Å². The third-order valence-corrected chi connectivity index (χ3v) is 7.43. The SMILES string of the molecule is Cn1nc(CN(C(=O)C2CC(=O)N(c3ccc(Cl)cc3)C2)C2CCCC2)c2c1CCC2. The van der Waals surface area contributed by atoms with Gasteiger partial charge in [-0.25, -0.2) is 0 Å². The van der Waals surface area contributed by atoms with E-state index in [4.69, 9.17) is 16.7 Å². The number of benzene rings is 1. The van der Waals surface area contributed by atoms with Crippen LogP contribution in [0.25, 0.3) is 0 Å². The van der Waals surface area contributed by atoms with Crippen molar-refractivity contribution in [2.75, 3.05) is 11.4 Å². The fraction of sp³-hybridized carbons (Fsp3) is 0.542. The Morgan fingerprint density at radius 2 is 1.90 bits per heavy atom. The minimum absolute atomic E-state index is 0.00534. The van der Waals surface area contributed by atoms with Crippen molar-refractivity contribution in [1.29, 1.82) is 0 Å². The number of amides is 2. The van der Waals surface area contributed by atoms with E-state index in [0.29, 0.717) is 18.1 Å². The molecule has 3 aliphatic rings. The van der Waals surface area contributed by atoms with Crippen LogP contribution in [0.4, 0.5) is 5.69 Å². The van der Waals surface area contributed by atoms with Crippen LogP contribution in [-0.4, -0.2) is 39.1 Å². The molecule has 2 fully saturated rings. The molecule has 2 aromatic rings. The van der Waals surface area contributed by atoms with Crippen molar-refractivity contribution < 1.29 is 9.59 Å². The molecule has 2 amide bonds. The van der Waals surface area contributed by atoms with Crippen molar-refractivity contribution in [2.24, 2.45) is 13.0 Å². The van der Waals surface area contributed by atoms with Crippen LogP contribution in [0.2, 0.25) is 5.02 Å². The second-order valence-electron chi connectivity index (χ2n) is 9.14. The Kier molecular flexibility index (Phi) is 5.51. The molecular formula is C24H29ClN4O2. The predicted octanol–water partition coefficient (Wildman–Crippen LogP) is 3.89. The lowest BCUT2D eigenvalue weighted by Crippen LogP contribution is -2.43. The number of aryl methyl sites for hydroxylation is 1. The predicted molar refractivity (Wildman–Crippen MR) is 120 cm³/mol. The Hall–Kier alpha value is -2.34. The number of hydrogen-bond acceptors (Lipinski definition) is 3. The normalized spacial score (nSPS) is 21.2. The lowest BCUT2D eigenvalue weighted by Gasteiger charge is -2.31. The molecule has 1 saturated heterocycles. The molecule has 7 heteroatoms. The number of halogens is 1. The Balaban J connectivity index is 1.37. The summed E-state index contributed by atoms with van der Waals surface area (Å²) in [4.78, 5) is 30.2. The topological polar surface area (TPSA) is 58.4 Å². The number of carbonyl (C=O) groups is 2. The van der Waals surface area contributed by atoms with Gasteiger partial charge in [0.1, 0.15) is 0 Å². The molecule has 2 heterocycles. The summed E-state index contributed by atoms with van der Waals surface area (Å²) in [5.41, 5.74) is 4.51. The molecule has 164 valence electrons. The van der Waals surface area contributed by atoms with Crippen molar-refractivity contribution in [1.82, 2.24) is 14.7 Å². The summed E-state index contributed by atoms with van der Waals surface area (Å²) < 4.78 is 2.00. The van der Waals surface area contributed by atoms with E-state index in [-0.39, 0.29) is 30.2 Å². The minimum atomic E-state index is -0.305. The molecule has 5 rings (SSSR count). The van der Waals surface area contributed by atoms with Crippen LogP contribution in [0, 0.1) is 5.92 Å². The summed E-state index contributed by atoms with van der Waals surface area (Å²) in [6.07, 6.45) is 7.97. The summed E-state index contributed by atoms with van der Waals surface area (Å²) >= 11 is 6.00. The number of fused-ring (bicyclic) bond motifs is 1. The van der Waals surface area contributed by atoms with Gasteiger partial charge in [-0.1, -0.05) is 24.4 Å². The Morgan fingerprint density at radius 1 is 1.16 bits per heavy atom. The monoisotopic (exact) mass is 440 g/mol. The van der Waals surface area contributed by atoms with Crippen LogP contribution in [0.3, 0.4) is 0 Å². The van der Waals surface area contributed by atoms with Crippen molar-refractivity contribution in [3.05, 3.63) is 46.2 Å². The average Bonchev–Trinajstić information content (AvgIpc) is 3.54. The average molecular weight is 441 g/mol. The van der Waals surface area contributed by atoms with Crippen molar-refractivity contribution >= 4 is 29.1 Å². The van der Waals surface area contributed by atoms with E-state index in [1.54, 1.807) is 17.0 Å². The second-order valence-corrected chi connectivity index (χ2v) is 9.57. The van der Waals surface area contributed by atoms with Crippen LogP contribution in [0.15, 0.2) is 24.3 Å². The maximum atomic E-state index is 13.7. The number of nitrogens with zero attached hydrogens (tertiary/aromatic N) is 4. The van der Waals surface area contributed by atoms with Gasteiger partial charge in [0, 0.05) is 42.5 Å². The molecule has 0 bridgehead atoms. The molecular weight excluding hydrogens is 412 g/mol. The van der Waals surface area contributed by atoms with Gasteiger partial charge in [0.2, 0.25) is 11.8 Å². The molecule has 2 aliphatic carbocycles. The second kappa shape index (κ2) is 8.30. The minimum Gasteiger partial charge on any atom is -0.333 e. The fourth-order valence-corrected chi connectivity index (χ4v) is 5.69. The molecule has 1 aliphatic heterocycles. The van der Waals surface area contributed by atoms with Crippen LogP contribution >= 0.6 is 11.6 Å². The van der Waals surface area contributed by atoms with Gasteiger partial charge in [-0.2, -0.15) is 5.10 Å². The summed E-state index contributed by atoms with van der Waals surface area (Å²) in [5, 5.41) is 5.41. The molecule has 0 N–H and O–H groups in total. The zero-order valence-electron chi connectivity index (χ0n) is 18.0. The molecule has 31 heavy (non-hydrogen) atoms. The lowest BCUT2D eigenvalue weighted by molar-refractivity contribution is -0.138. The zero-order chi connectivity index (χ0) is 21.5. The van der Waals surface area contributed by atoms with E-state index in [1.165, 1.54) is 17.7 Å². The largest absolute Gasteiger partial charge is 0.333 e. The third-order valence-electron chi connectivity index (χ3n) is 7.18. The number of carbonyl (C=O) groups excluding carboxylic acids is 2. The van der Waals surface area contributed by atoms with Gasteiger partial charge in [-0.15, -0.1) is 0 Å². The standard InChI is InChI=1S/C24H29ClN4O2/c1-27-22-8-4-7-20(22)21(26-27)15-29(18-5-2-3-6-18)24(31)16-13-23(30)28(14-16)19-11-9-17(25)10-12-19/h9-12,16,18H,2-8,13-15H2,1H3. The Labute approximate surface area is 188 Å². The van der Waals surface area contributed by atoms with E-state index in [9.17, 15) is 9.59 Å². The highest BCUT2D eigenvalue weighted by Gasteiger charge is 2.40. The zero-order valence-corrected chi connectivity index (χ0v) is 18.8. The van der Waals surface area contributed by atoms with Crippen LogP contribution < -0.4 is 4.90 Å². The van der Waals surface area contributed by atoms with Crippen molar-refractivity contribution in [3.8, 4) is 0 Å². The quantitative estimate of drug-likeness (QED) is 0.708. The molecule has 6 nitrogen and oxygen atoms in total. The van der Waals surface area contributed by atoms with Crippen LogP contribution in [0.5, 0.6) is 0 Å². The Bertz CT molecular complexity index is 994. The Morgan fingerprint density at radius 3 is 2.65 bits per heavy atom. The summed E-state index contributed by atoms with van der Waals surface area (Å²) in [6, 6.07) is 7.52. The molecule has 1 saturated carbocycles.